The third-order valence-electron chi connectivity index (χ3n) is 4.86. The molecule has 1 aliphatic rings. The first-order chi connectivity index (χ1) is 14.1. The molecule has 0 atom stereocenters. The zero-order valence-electron chi connectivity index (χ0n) is 15.7. The minimum absolute atomic E-state index is 0.0398. The number of para-hydroxylation sites is 2. The van der Waals surface area contributed by atoms with Gasteiger partial charge >= 0.3 is 0 Å². The van der Waals surface area contributed by atoms with E-state index in [-0.39, 0.29) is 23.4 Å². The number of hydrogen-bond donors (Lipinski definition) is 1. The number of amides is 1. The lowest BCUT2D eigenvalue weighted by Crippen LogP contribution is -2.16. The van der Waals surface area contributed by atoms with Gasteiger partial charge in [-0.15, -0.1) is 0 Å². The fourth-order valence-electron chi connectivity index (χ4n) is 3.38. The number of hydrogen-bond acceptors (Lipinski definition) is 5. The standard InChI is InChI=1S/C21H20N4O4/c26-21(22-18-10-3-4-11-20(18)29-17-8-1-2-9-17)19-12-13-24(23-19)15-6-5-7-16(14-15)25(27)28/h3-7,10-14,17H,1-2,8-9H2,(H,22,26). The van der Waals surface area contributed by atoms with Crippen LogP contribution in [0.1, 0.15) is 36.2 Å². The molecular formula is C21H20N4O4. The second-order valence-corrected chi connectivity index (χ2v) is 6.90. The van der Waals surface area contributed by atoms with Crippen molar-refractivity contribution in [2.45, 2.75) is 31.8 Å². The lowest BCUT2D eigenvalue weighted by Gasteiger charge is -2.16. The number of nitrogens with zero attached hydrogens (tertiary/aromatic N) is 3. The highest BCUT2D eigenvalue weighted by Crippen LogP contribution is 2.30. The Bertz CT molecular complexity index is 1040. The summed E-state index contributed by atoms with van der Waals surface area (Å²) in [6.45, 7) is 0. The molecule has 4 rings (SSSR count). The molecule has 2 aromatic carbocycles. The zero-order valence-corrected chi connectivity index (χ0v) is 15.7. The van der Waals surface area contributed by atoms with E-state index in [1.54, 1.807) is 30.5 Å². The van der Waals surface area contributed by atoms with Crippen LogP contribution in [0.5, 0.6) is 5.75 Å². The van der Waals surface area contributed by atoms with Gasteiger partial charge in [0, 0.05) is 18.3 Å². The molecule has 0 bridgehead atoms. The van der Waals surface area contributed by atoms with Crippen LogP contribution in [0.2, 0.25) is 0 Å². The van der Waals surface area contributed by atoms with Gasteiger partial charge in [-0.3, -0.25) is 14.9 Å². The Hall–Kier alpha value is -3.68. The summed E-state index contributed by atoms with van der Waals surface area (Å²) in [6, 6.07) is 15.0. The van der Waals surface area contributed by atoms with E-state index in [2.05, 4.69) is 10.4 Å². The van der Waals surface area contributed by atoms with E-state index in [0.717, 1.165) is 25.7 Å². The highest BCUT2D eigenvalue weighted by Gasteiger charge is 2.19. The summed E-state index contributed by atoms with van der Waals surface area (Å²) in [6.07, 6.45) is 6.14. The summed E-state index contributed by atoms with van der Waals surface area (Å²) < 4.78 is 7.48. The Labute approximate surface area is 167 Å². The first-order valence-corrected chi connectivity index (χ1v) is 9.48. The van der Waals surface area contributed by atoms with Crippen molar-refractivity contribution < 1.29 is 14.5 Å². The Morgan fingerprint density at radius 2 is 1.93 bits per heavy atom. The number of nitro benzene ring substituents is 1. The molecule has 1 heterocycles. The molecule has 1 saturated carbocycles. The minimum atomic E-state index is -0.470. The number of aromatic nitrogens is 2. The van der Waals surface area contributed by atoms with Gasteiger partial charge in [0.15, 0.2) is 5.69 Å². The largest absolute Gasteiger partial charge is 0.488 e. The maximum atomic E-state index is 12.7. The fraction of sp³-hybridized carbons (Fsp3) is 0.238. The molecule has 29 heavy (non-hydrogen) atoms. The topological polar surface area (TPSA) is 99.3 Å². The van der Waals surface area contributed by atoms with Gasteiger partial charge in [0.1, 0.15) is 5.75 Å². The van der Waals surface area contributed by atoms with Gasteiger partial charge in [-0.25, -0.2) is 4.68 Å². The van der Waals surface area contributed by atoms with E-state index in [1.165, 1.54) is 16.8 Å². The lowest BCUT2D eigenvalue weighted by atomic mass is 10.2. The number of ether oxygens (including phenoxy) is 1. The number of benzene rings is 2. The highest BCUT2D eigenvalue weighted by atomic mass is 16.6. The van der Waals surface area contributed by atoms with E-state index in [9.17, 15) is 14.9 Å². The monoisotopic (exact) mass is 392 g/mol. The molecule has 3 aromatic rings. The average Bonchev–Trinajstić information content (AvgIpc) is 3.42. The van der Waals surface area contributed by atoms with Gasteiger partial charge in [-0.05, 0) is 49.9 Å². The van der Waals surface area contributed by atoms with Gasteiger partial charge in [-0.1, -0.05) is 18.2 Å². The first-order valence-electron chi connectivity index (χ1n) is 9.48. The lowest BCUT2D eigenvalue weighted by molar-refractivity contribution is -0.384. The molecule has 0 unspecified atom stereocenters. The summed E-state index contributed by atoms with van der Waals surface area (Å²) in [7, 11) is 0. The van der Waals surface area contributed by atoms with Gasteiger partial charge in [0.05, 0.1) is 22.4 Å². The maximum Gasteiger partial charge on any atom is 0.276 e. The van der Waals surface area contributed by atoms with Crippen molar-refractivity contribution in [3.63, 3.8) is 0 Å². The third-order valence-corrected chi connectivity index (χ3v) is 4.86. The normalized spacial score (nSPS) is 13.9. The van der Waals surface area contributed by atoms with Crippen LogP contribution in [0.3, 0.4) is 0 Å². The van der Waals surface area contributed by atoms with E-state index in [1.807, 2.05) is 18.2 Å². The van der Waals surface area contributed by atoms with Crippen LogP contribution < -0.4 is 10.1 Å². The number of carbonyl (C=O) groups is 1. The van der Waals surface area contributed by atoms with Crippen LogP contribution in [-0.4, -0.2) is 26.7 Å². The van der Waals surface area contributed by atoms with E-state index >= 15 is 0 Å². The summed E-state index contributed by atoms with van der Waals surface area (Å²) in [5.74, 6) is 0.266. The van der Waals surface area contributed by atoms with Crippen molar-refractivity contribution in [1.82, 2.24) is 9.78 Å². The molecule has 1 aliphatic carbocycles. The van der Waals surface area contributed by atoms with Crippen LogP contribution in [0.15, 0.2) is 60.8 Å². The molecule has 1 N–H and O–H groups in total. The molecule has 0 aliphatic heterocycles. The van der Waals surface area contributed by atoms with Crippen molar-refractivity contribution in [3.05, 3.63) is 76.6 Å². The van der Waals surface area contributed by atoms with Gasteiger partial charge in [0.2, 0.25) is 0 Å². The second kappa shape index (κ2) is 8.14. The van der Waals surface area contributed by atoms with Gasteiger partial charge in [0.25, 0.3) is 11.6 Å². The molecule has 1 amide bonds. The number of nitrogens with one attached hydrogen (secondary N) is 1. The summed E-state index contributed by atoms with van der Waals surface area (Å²) in [5, 5.41) is 18.1. The molecule has 8 nitrogen and oxygen atoms in total. The summed E-state index contributed by atoms with van der Waals surface area (Å²) >= 11 is 0. The Morgan fingerprint density at radius 3 is 2.72 bits per heavy atom. The highest BCUT2D eigenvalue weighted by molar-refractivity contribution is 6.03. The smallest absolute Gasteiger partial charge is 0.276 e. The fourth-order valence-corrected chi connectivity index (χ4v) is 3.38. The maximum absolute atomic E-state index is 12.7. The second-order valence-electron chi connectivity index (χ2n) is 6.90. The molecule has 0 spiro atoms. The predicted octanol–water partition coefficient (Wildman–Crippen LogP) is 4.35. The Kier molecular flexibility index (Phi) is 5.24. The van der Waals surface area contributed by atoms with Crippen LogP contribution in [-0.2, 0) is 0 Å². The molecule has 0 saturated heterocycles. The zero-order chi connectivity index (χ0) is 20.2. The number of non-ortho nitro benzene ring substituents is 1. The van der Waals surface area contributed by atoms with Crippen LogP contribution in [0, 0.1) is 10.1 Å². The number of carbonyl (C=O) groups excluding carboxylic acids is 1. The predicted molar refractivity (Wildman–Crippen MR) is 107 cm³/mol. The van der Waals surface area contributed by atoms with Crippen LogP contribution in [0.25, 0.3) is 5.69 Å². The quantitative estimate of drug-likeness (QED) is 0.496. The summed E-state index contributed by atoms with van der Waals surface area (Å²) in [5.41, 5.74) is 1.26. The minimum Gasteiger partial charge on any atom is -0.488 e. The SMILES string of the molecule is O=C(Nc1ccccc1OC1CCCC1)c1ccn(-c2cccc([N+](=O)[O-])c2)n1. The van der Waals surface area contributed by atoms with Crippen molar-refractivity contribution in [2.75, 3.05) is 5.32 Å². The Morgan fingerprint density at radius 1 is 1.14 bits per heavy atom. The van der Waals surface area contributed by atoms with Crippen LogP contribution >= 0.6 is 0 Å². The first kappa shape index (κ1) is 18.7. The Balaban J connectivity index is 1.50. The molecule has 8 heteroatoms. The van der Waals surface area contributed by atoms with E-state index in [0.29, 0.717) is 17.1 Å². The van der Waals surface area contributed by atoms with E-state index in [4.69, 9.17) is 4.74 Å². The van der Waals surface area contributed by atoms with Crippen molar-refractivity contribution >= 4 is 17.3 Å². The molecule has 1 aromatic heterocycles. The molecule has 1 fully saturated rings. The van der Waals surface area contributed by atoms with Crippen molar-refractivity contribution in [1.29, 1.82) is 0 Å². The van der Waals surface area contributed by atoms with Crippen LogP contribution in [0.4, 0.5) is 11.4 Å². The molecule has 148 valence electrons. The van der Waals surface area contributed by atoms with E-state index < -0.39 is 4.92 Å². The number of nitro groups is 1. The average molecular weight is 392 g/mol. The molecular weight excluding hydrogens is 372 g/mol. The molecule has 0 radical (unpaired) electrons. The third kappa shape index (κ3) is 4.26. The number of rotatable bonds is 6. The van der Waals surface area contributed by atoms with Gasteiger partial charge < -0.3 is 10.1 Å². The summed E-state index contributed by atoms with van der Waals surface area (Å²) in [4.78, 5) is 23.2. The van der Waals surface area contributed by atoms with Gasteiger partial charge in [-0.2, -0.15) is 5.10 Å². The van der Waals surface area contributed by atoms with Crippen molar-refractivity contribution in [3.8, 4) is 11.4 Å². The number of anilines is 1. The van der Waals surface area contributed by atoms with Crippen molar-refractivity contribution in [2.24, 2.45) is 0 Å².